The van der Waals surface area contributed by atoms with Crippen LogP contribution in [-0.2, 0) is 11.3 Å². The lowest BCUT2D eigenvalue weighted by Gasteiger charge is -2.16. The molecule has 10 heteroatoms. The fraction of sp³-hybridized carbons (Fsp3) is 0.333. The number of rotatable bonds is 6. The lowest BCUT2D eigenvalue weighted by atomic mass is 10.1. The number of aromatic nitrogens is 4. The number of carbonyl (C=O) groups excluding carboxylic acids is 1. The largest absolute Gasteiger partial charge is 0.394 e. The van der Waals surface area contributed by atoms with Gasteiger partial charge in [-0.05, 0) is 11.6 Å². The van der Waals surface area contributed by atoms with Gasteiger partial charge >= 0.3 is 0 Å². The number of aliphatic hydroxyl groups is 3. The molecule has 1 aliphatic heterocycles. The fourth-order valence-electron chi connectivity index (χ4n) is 3.24. The zero-order chi connectivity index (χ0) is 19.7. The third-order valence-corrected chi connectivity index (χ3v) is 4.70. The Balaban J connectivity index is 1.59. The molecule has 4 atom stereocenters. The Hall–Kier alpha value is -2.92. The summed E-state index contributed by atoms with van der Waals surface area (Å²) in [4.78, 5) is 23.6. The molecule has 3 heterocycles. The van der Waals surface area contributed by atoms with E-state index in [1.165, 1.54) is 17.2 Å². The minimum Gasteiger partial charge on any atom is -0.394 e. The minimum absolute atomic E-state index is 0.411. The topological polar surface area (TPSA) is 143 Å². The lowest BCUT2D eigenvalue weighted by molar-refractivity contribution is -0.0511. The van der Waals surface area contributed by atoms with Gasteiger partial charge in [0.15, 0.2) is 23.2 Å². The Bertz CT molecular complexity index is 993. The van der Waals surface area contributed by atoms with Crippen LogP contribution >= 0.6 is 0 Å². The molecule has 0 radical (unpaired) electrons. The average molecular weight is 385 g/mol. The van der Waals surface area contributed by atoms with Crippen LogP contribution in [-0.4, -0.2) is 66.0 Å². The third-order valence-electron chi connectivity index (χ3n) is 4.70. The molecule has 1 aliphatic rings. The summed E-state index contributed by atoms with van der Waals surface area (Å²) in [6.07, 6.45) is -0.672. The maximum absolute atomic E-state index is 10.9. The van der Waals surface area contributed by atoms with Crippen molar-refractivity contribution in [3.05, 3.63) is 48.0 Å². The molecule has 3 aromatic rings. The maximum atomic E-state index is 10.9. The van der Waals surface area contributed by atoms with E-state index in [2.05, 4.69) is 20.3 Å². The average Bonchev–Trinajstić information content (AvgIpc) is 3.28. The molecule has 0 aliphatic carbocycles. The van der Waals surface area contributed by atoms with Crippen molar-refractivity contribution in [2.24, 2.45) is 0 Å². The number of fused-ring (bicyclic) bond motifs is 1. The smallest absolute Gasteiger partial charge is 0.167 e. The van der Waals surface area contributed by atoms with E-state index in [1.807, 2.05) is 6.07 Å². The van der Waals surface area contributed by atoms with Crippen molar-refractivity contribution in [3.8, 4) is 0 Å². The second kappa shape index (κ2) is 7.60. The van der Waals surface area contributed by atoms with Gasteiger partial charge in [-0.1, -0.05) is 18.2 Å². The first kappa shape index (κ1) is 18.4. The molecule has 1 fully saturated rings. The number of nitrogens with one attached hydrogen (secondary N) is 1. The van der Waals surface area contributed by atoms with Crippen LogP contribution in [0.1, 0.15) is 22.1 Å². The van der Waals surface area contributed by atoms with Crippen molar-refractivity contribution >= 4 is 23.3 Å². The molecule has 1 saturated heterocycles. The monoisotopic (exact) mass is 385 g/mol. The molecule has 0 amide bonds. The van der Waals surface area contributed by atoms with E-state index in [4.69, 9.17) is 4.74 Å². The highest BCUT2D eigenvalue weighted by atomic mass is 16.6. The fourth-order valence-corrected chi connectivity index (χ4v) is 3.24. The number of hydrogen-bond acceptors (Lipinski definition) is 9. The van der Waals surface area contributed by atoms with Gasteiger partial charge in [0.2, 0.25) is 0 Å². The number of nitrogens with zero attached hydrogens (tertiary/aromatic N) is 4. The number of aldehydes is 1. The third kappa shape index (κ3) is 3.22. The Labute approximate surface area is 159 Å². The summed E-state index contributed by atoms with van der Waals surface area (Å²) in [5.74, 6) is 0.479. The molecule has 1 aromatic carbocycles. The summed E-state index contributed by atoms with van der Waals surface area (Å²) in [5, 5.41) is 32.6. The van der Waals surface area contributed by atoms with Gasteiger partial charge in [0, 0.05) is 12.1 Å². The zero-order valence-electron chi connectivity index (χ0n) is 14.7. The number of anilines is 1. The highest BCUT2D eigenvalue weighted by Crippen LogP contribution is 2.32. The van der Waals surface area contributed by atoms with E-state index in [0.717, 1.165) is 11.8 Å². The first-order chi connectivity index (χ1) is 13.6. The quantitative estimate of drug-likeness (QED) is 0.426. The van der Waals surface area contributed by atoms with Gasteiger partial charge in [-0.15, -0.1) is 0 Å². The molecular formula is C18H19N5O5. The van der Waals surface area contributed by atoms with Gasteiger partial charge in [0.25, 0.3) is 0 Å². The summed E-state index contributed by atoms with van der Waals surface area (Å²) in [6.45, 7) is 0.0114. The highest BCUT2D eigenvalue weighted by molar-refractivity contribution is 5.82. The van der Waals surface area contributed by atoms with Crippen molar-refractivity contribution in [3.63, 3.8) is 0 Å². The van der Waals surface area contributed by atoms with E-state index in [-0.39, 0.29) is 0 Å². The number of imidazole rings is 1. The summed E-state index contributed by atoms with van der Waals surface area (Å²) < 4.78 is 7.04. The number of ether oxygens (including phenoxy) is 1. The first-order valence-electron chi connectivity index (χ1n) is 8.70. The number of carbonyl (C=O) groups is 1. The van der Waals surface area contributed by atoms with Gasteiger partial charge < -0.3 is 25.4 Å². The zero-order valence-corrected chi connectivity index (χ0v) is 14.7. The number of aliphatic hydroxyl groups excluding tert-OH is 3. The second-order valence-corrected chi connectivity index (χ2v) is 6.49. The lowest BCUT2D eigenvalue weighted by Crippen LogP contribution is -2.33. The molecule has 10 nitrogen and oxygen atoms in total. The summed E-state index contributed by atoms with van der Waals surface area (Å²) in [7, 11) is 0. The van der Waals surface area contributed by atoms with Gasteiger partial charge in [-0.25, -0.2) is 15.0 Å². The van der Waals surface area contributed by atoms with Crippen molar-refractivity contribution < 1.29 is 24.9 Å². The van der Waals surface area contributed by atoms with Gasteiger partial charge in [-0.2, -0.15) is 0 Å². The molecular weight excluding hydrogens is 366 g/mol. The van der Waals surface area contributed by atoms with Crippen LogP contribution in [0.15, 0.2) is 36.9 Å². The molecule has 0 bridgehead atoms. The highest BCUT2D eigenvalue weighted by Gasteiger charge is 2.44. The van der Waals surface area contributed by atoms with E-state index < -0.39 is 31.1 Å². The first-order valence-corrected chi connectivity index (χ1v) is 8.70. The van der Waals surface area contributed by atoms with Crippen molar-refractivity contribution in [1.82, 2.24) is 19.5 Å². The minimum atomic E-state index is -1.23. The predicted octanol–water partition coefficient (Wildman–Crippen LogP) is -0.138. The van der Waals surface area contributed by atoms with Gasteiger partial charge in [0.05, 0.1) is 12.9 Å². The Morgan fingerprint density at radius 2 is 2.07 bits per heavy atom. The standard InChI is InChI=1S/C18H19N5O5/c24-6-11-3-1-2-10(4-11)5-19-16-13-17(21-8-20-16)23(9-22-13)18-15(27)14(26)12(7-25)28-18/h1-4,6,8-9,12,14-15,18,25-27H,5,7H2,(H,19,20,21)/t12-,14-,15-,18-/m1/s1. The van der Waals surface area contributed by atoms with E-state index in [1.54, 1.807) is 18.2 Å². The SMILES string of the molecule is O=Cc1cccc(CNc2ncnc3c2ncn3[C@@H]2O[C@H](CO)[C@@H](O)[C@H]2O)c1. The predicted molar refractivity (Wildman–Crippen MR) is 97.5 cm³/mol. The van der Waals surface area contributed by atoms with Crippen molar-refractivity contribution in [2.45, 2.75) is 31.1 Å². The van der Waals surface area contributed by atoms with Crippen LogP contribution in [0.2, 0.25) is 0 Å². The molecule has 0 unspecified atom stereocenters. The van der Waals surface area contributed by atoms with E-state index in [0.29, 0.717) is 29.1 Å². The Morgan fingerprint density at radius 1 is 1.21 bits per heavy atom. The molecule has 146 valence electrons. The normalized spacial score (nSPS) is 24.5. The van der Waals surface area contributed by atoms with Crippen LogP contribution in [0.4, 0.5) is 5.82 Å². The van der Waals surface area contributed by atoms with Gasteiger partial charge in [0.1, 0.15) is 30.9 Å². The van der Waals surface area contributed by atoms with E-state index in [9.17, 15) is 20.1 Å². The van der Waals surface area contributed by atoms with Crippen molar-refractivity contribution in [2.75, 3.05) is 11.9 Å². The van der Waals surface area contributed by atoms with Crippen LogP contribution < -0.4 is 5.32 Å². The van der Waals surface area contributed by atoms with Crippen LogP contribution in [0.5, 0.6) is 0 Å². The van der Waals surface area contributed by atoms with Crippen LogP contribution in [0, 0.1) is 0 Å². The molecule has 28 heavy (non-hydrogen) atoms. The summed E-state index contributed by atoms with van der Waals surface area (Å²) >= 11 is 0. The molecule has 0 spiro atoms. The molecule has 4 N–H and O–H groups in total. The van der Waals surface area contributed by atoms with Crippen molar-refractivity contribution in [1.29, 1.82) is 0 Å². The van der Waals surface area contributed by atoms with E-state index >= 15 is 0 Å². The molecule has 2 aromatic heterocycles. The van der Waals surface area contributed by atoms with Crippen LogP contribution in [0.3, 0.4) is 0 Å². The maximum Gasteiger partial charge on any atom is 0.167 e. The molecule has 0 saturated carbocycles. The number of benzene rings is 1. The van der Waals surface area contributed by atoms with Crippen LogP contribution in [0.25, 0.3) is 11.2 Å². The van der Waals surface area contributed by atoms with Gasteiger partial charge in [-0.3, -0.25) is 9.36 Å². The number of hydrogen-bond donors (Lipinski definition) is 4. The Morgan fingerprint density at radius 3 is 2.82 bits per heavy atom. The summed E-state index contributed by atoms with van der Waals surface area (Å²) in [5.41, 5.74) is 2.36. The Kier molecular flexibility index (Phi) is 5.01. The summed E-state index contributed by atoms with van der Waals surface area (Å²) in [6, 6.07) is 7.18. The molecule has 4 rings (SSSR count). The second-order valence-electron chi connectivity index (χ2n) is 6.49.